The fourth-order valence-corrected chi connectivity index (χ4v) is 10.5. The second-order valence-corrected chi connectivity index (χ2v) is 24.3. The van der Waals surface area contributed by atoms with Gasteiger partial charge in [0.05, 0.1) is 0 Å². The van der Waals surface area contributed by atoms with E-state index in [4.69, 9.17) is 18.9 Å². The first-order valence-electron chi connectivity index (χ1n) is 27.3. The van der Waals surface area contributed by atoms with Crippen molar-refractivity contribution in [1.29, 1.82) is 0 Å². The molecule has 0 spiro atoms. The summed E-state index contributed by atoms with van der Waals surface area (Å²) in [6, 6.07) is 9.52. The van der Waals surface area contributed by atoms with Gasteiger partial charge in [-0.1, -0.05) is 104 Å². The van der Waals surface area contributed by atoms with Gasteiger partial charge in [-0.2, -0.15) is 0 Å². The molecule has 2 aromatic carbocycles. The molecule has 0 bridgehead atoms. The first-order chi connectivity index (χ1) is 37.7. The Morgan fingerprint density at radius 1 is 0.412 bits per heavy atom. The Morgan fingerprint density at radius 2 is 0.675 bits per heavy atom. The number of hydrogen-bond donors (Lipinski definition) is 0. The second-order valence-electron chi connectivity index (χ2n) is 22.4. The maximum atomic E-state index is 15.0. The van der Waals surface area contributed by atoms with Crippen molar-refractivity contribution in [1.82, 2.24) is 40.0 Å². The van der Waals surface area contributed by atoms with Gasteiger partial charge in [0, 0.05) is 53.9 Å². The standard InChI is InChI=1S/C58H80N8O12S2/c1-33(2)23-43-55(71)75-37(9)51(67)63(11)46(26-36(7)8)58(74)78-48(28-40-17-21-42(22-18-40)30-50-62-60-32-80-50)54(70)66(14)44(24-34(3)4)56(72)76-38(10)52(68)64(12)45(25-35(5)6)57(73)77-47(53(69)65(43)13)27-39-15-19-41(20-16-39)29-49-61-59-31-79-49/h15-22,31-38,43-48H,23-30H2,1-14H3/t37-,38-,43+,44+,45+,46+,47-,48-/m1/s1. The number of likely N-dealkylation sites (N-methyl/N-ethyl adjacent to an activating group) is 4. The molecule has 0 saturated carbocycles. The van der Waals surface area contributed by atoms with Crippen LogP contribution >= 0.6 is 22.7 Å². The summed E-state index contributed by atoms with van der Waals surface area (Å²) in [6.07, 6.45) is -4.93. The van der Waals surface area contributed by atoms with Crippen LogP contribution in [0.5, 0.6) is 0 Å². The van der Waals surface area contributed by atoms with Crippen LogP contribution in [0.3, 0.4) is 0 Å². The quantitative estimate of drug-likeness (QED) is 0.0854. The molecule has 1 aliphatic rings. The van der Waals surface area contributed by atoms with Gasteiger partial charge in [-0.15, -0.1) is 43.1 Å². The molecule has 22 heteroatoms. The minimum atomic E-state index is -1.53. The minimum Gasteiger partial charge on any atom is -0.451 e. The van der Waals surface area contributed by atoms with Crippen molar-refractivity contribution in [3.05, 3.63) is 91.8 Å². The fraction of sp³-hybridized carbons (Fsp3) is 0.586. The summed E-state index contributed by atoms with van der Waals surface area (Å²) in [5.41, 5.74) is 6.36. The van der Waals surface area contributed by atoms with Crippen molar-refractivity contribution in [2.24, 2.45) is 23.7 Å². The van der Waals surface area contributed by atoms with Gasteiger partial charge in [-0.25, -0.2) is 19.2 Å². The zero-order valence-corrected chi connectivity index (χ0v) is 50.3. The van der Waals surface area contributed by atoms with Crippen molar-refractivity contribution in [3.63, 3.8) is 0 Å². The number of aromatic nitrogens is 4. The first-order valence-corrected chi connectivity index (χ1v) is 29.0. The number of benzene rings is 2. The van der Waals surface area contributed by atoms with Crippen LogP contribution in [0, 0.1) is 23.7 Å². The van der Waals surface area contributed by atoms with Crippen LogP contribution in [0.25, 0.3) is 0 Å². The van der Waals surface area contributed by atoms with E-state index < -0.39 is 96.1 Å². The summed E-state index contributed by atoms with van der Waals surface area (Å²) in [6.45, 7) is 17.5. The highest BCUT2D eigenvalue weighted by Crippen LogP contribution is 2.25. The van der Waals surface area contributed by atoms with Crippen molar-refractivity contribution in [3.8, 4) is 0 Å². The zero-order chi connectivity index (χ0) is 59.1. The lowest BCUT2D eigenvalue weighted by Gasteiger charge is -2.35. The molecule has 0 aliphatic carbocycles. The van der Waals surface area contributed by atoms with E-state index in [1.807, 2.05) is 79.7 Å². The molecule has 1 aliphatic heterocycles. The normalized spacial score (nSPS) is 23.2. The number of cyclic esters (lactones) is 4. The number of rotatable bonds is 16. The minimum absolute atomic E-state index is 0.0822. The highest BCUT2D eigenvalue weighted by Gasteiger charge is 2.43. The van der Waals surface area contributed by atoms with Crippen LogP contribution < -0.4 is 0 Å². The van der Waals surface area contributed by atoms with Gasteiger partial charge in [-0.3, -0.25) is 19.2 Å². The van der Waals surface area contributed by atoms with Crippen molar-refractivity contribution in [2.75, 3.05) is 28.2 Å². The molecule has 0 radical (unpaired) electrons. The maximum absolute atomic E-state index is 15.0. The first kappa shape index (κ1) is 64.1. The van der Waals surface area contributed by atoms with Crippen molar-refractivity contribution in [2.45, 2.75) is 169 Å². The van der Waals surface area contributed by atoms with Gasteiger partial charge in [0.25, 0.3) is 23.6 Å². The third-order valence-corrected chi connectivity index (χ3v) is 15.3. The summed E-state index contributed by atoms with van der Waals surface area (Å²) in [5, 5.41) is 17.7. The Morgan fingerprint density at radius 3 is 0.938 bits per heavy atom. The molecule has 1 saturated heterocycles. The van der Waals surface area contributed by atoms with E-state index in [9.17, 15) is 38.4 Å². The van der Waals surface area contributed by atoms with Crippen LogP contribution in [0.1, 0.15) is 127 Å². The van der Waals surface area contributed by atoms with Gasteiger partial charge in [0.15, 0.2) is 24.4 Å². The predicted octanol–water partition coefficient (Wildman–Crippen LogP) is 6.55. The number of amides is 4. The highest BCUT2D eigenvalue weighted by molar-refractivity contribution is 7.09. The van der Waals surface area contributed by atoms with Crippen LogP contribution in [0.2, 0.25) is 0 Å². The number of hydrogen-bond acceptors (Lipinski definition) is 18. The molecular weight excluding hydrogens is 1060 g/mol. The van der Waals surface area contributed by atoms with Gasteiger partial charge in [0.1, 0.15) is 45.2 Å². The van der Waals surface area contributed by atoms with Crippen LogP contribution in [0.4, 0.5) is 0 Å². The van der Waals surface area contributed by atoms with Gasteiger partial charge in [-0.05, 0) is 85.5 Å². The molecule has 2 aromatic heterocycles. The molecule has 5 rings (SSSR count). The SMILES string of the molecule is CC(C)C[C@H]1C(=O)O[C@H](Cc2ccc(Cc3nncs3)cc2)C(=O)N(C)[C@@H](CC(C)C)C(=O)O[C@H](C)C(=O)N(C)[C@@H](CC(C)C)C(=O)O[C@H](Cc2ccc(Cc3nncs3)cc2)C(=O)N(C)[C@@H](CC(C)C)C(=O)O[C@H](C)C(=O)N1C. The summed E-state index contributed by atoms with van der Waals surface area (Å²) in [7, 11) is 5.56. The van der Waals surface area contributed by atoms with Gasteiger partial charge >= 0.3 is 23.9 Å². The second kappa shape index (κ2) is 29.7. The van der Waals surface area contributed by atoms with E-state index in [1.54, 1.807) is 35.3 Å². The van der Waals surface area contributed by atoms with E-state index >= 15 is 0 Å². The zero-order valence-electron chi connectivity index (χ0n) is 48.7. The average Bonchev–Trinajstić information content (AvgIpc) is 4.14. The number of carbonyl (C=O) groups is 8. The Bertz CT molecular complexity index is 2500. The number of carbonyl (C=O) groups excluding carboxylic acids is 8. The fourth-order valence-electron chi connectivity index (χ4n) is 9.39. The lowest BCUT2D eigenvalue weighted by Crippen LogP contribution is -2.55. The molecule has 3 heterocycles. The molecule has 1 fully saturated rings. The van der Waals surface area contributed by atoms with E-state index in [1.165, 1.54) is 64.7 Å². The predicted molar refractivity (Wildman–Crippen MR) is 301 cm³/mol. The molecule has 20 nitrogen and oxygen atoms in total. The topological polar surface area (TPSA) is 238 Å². The number of ether oxygens (including phenoxy) is 4. The van der Waals surface area contributed by atoms with Crippen molar-refractivity contribution >= 4 is 70.2 Å². The van der Waals surface area contributed by atoms with E-state index in [0.717, 1.165) is 40.7 Å². The summed E-state index contributed by atoms with van der Waals surface area (Å²) in [5.74, 6) is -7.44. The van der Waals surface area contributed by atoms with Crippen LogP contribution in [-0.4, -0.2) is 164 Å². The third-order valence-electron chi connectivity index (χ3n) is 13.9. The monoisotopic (exact) mass is 1140 g/mol. The summed E-state index contributed by atoms with van der Waals surface area (Å²) >= 11 is 2.83. The van der Waals surface area contributed by atoms with E-state index in [-0.39, 0.29) is 62.2 Å². The average molecular weight is 1150 g/mol. The summed E-state index contributed by atoms with van der Waals surface area (Å²) in [4.78, 5) is 122. The summed E-state index contributed by atoms with van der Waals surface area (Å²) < 4.78 is 24.2. The number of esters is 4. The van der Waals surface area contributed by atoms with Gasteiger partial charge in [0.2, 0.25) is 0 Å². The lowest BCUT2D eigenvalue weighted by atomic mass is 9.99. The molecule has 0 N–H and O–H groups in total. The van der Waals surface area contributed by atoms with Crippen molar-refractivity contribution < 1.29 is 57.3 Å². The molecule has 4 amide bonds. The Kier molecular flexibility index (Phi) is 23.8. The smallest absolute Gasteiger partial charge is 0.329 e. The molecule has 436 valence electrons. The third kappa shape index (κ3) is 18.2. The molecule has 8 atom stereocenters. The van der Waals surface area contributed by atoms with Crippen LogP contribution in [-0.2, 0) is 83.0 Å². The molecule has 80 heavy (non-hydrogen) atoms. The number of nitrogens with zero attached hydrogens (tertiary/aromatic N) is 8. The van der Waals surface area contributed by atoms with Gasteiger partial charge < -0.3 is 38.5 Å². The molecular formula is C58H80N8O12S2. The maximum Gasteiger partial charge on any atom is 0.329 e. The Hall–Kier alpha value is -6.68. The largest absolute Gasteiger partial charge is 0.451 e. The van der Waals surface area contributed by atoms with E-state index in [0.29, 0.717) is 24.0 Å². The molecule has 0 unspecified atom stereocenters. The van der Waals surface area contributed by atoms with E-state index in [2.05, 4.69) is 20.4 Å². The highest BCUT2D eigenvalue weighted by atomic mass is 32.1. The Labute approximate surface area is 478 Å². The van der Waals surface area contributed by atoms with Crippen LogP contribution in [0.15, 0.2) is 59.6 Å². The molecule has 4 aromatic rings. The lowest BCUT2D eigenvalue weighted by molar-refractivity contribution is -0.176. The Balaban J connectivity index is 1.59.